The van der Waals surface area contributed by atoms with Gasteiger partial charge in [-0.2, -0.15) is 8.42 Å². The maximum atomic E-state index is 12.8. The zero-order chi connectivity index (χ0) is 23.9. The Labute approximate surface area is 189 Å². The van der Waals surface area contributed by atoms with Crippen molar-refractivity contribution in [3.63, 3.8) is 0 Å². The number of carboxylic acid groups (broad SMARTS) is 1. The summed E-state index contributed by atoms with van der Waals surface area (Å²) >= 11 is 0. The van der Waals surface area contributed by atoms with Crippen molar-refractivity contribution >= 4 is 45.3 Å². The van der Waals surface area contributed by atoms with E-state index in [1.54, 1.807) is 13.8 Å². The van der Waals surface area contributed by atoms with E-state index in [4.69, 9.17) is 14.0 Å². The number of aryl methyl sites for hydroxylation is 1. The second-order valence-corrected chi connectivity index (χ2v) is 9.22. The first-order valence-electron chi connectivity index (χ1n) is 10.3. The molecule has 0 saturated heterocycles. The zero-order valence-electron chi connectivity index (χ0n) is 18.0. The summed E-state index contributed by atoms with van der Waals surface area (Å²) in [5, 5.41) is 11.9. The predicted molar refractivity (Wildman–Crippen MR) is 117 cm³/mol. The van der Waals surface area contributed by atoms with Gasteiger partial charge in [-0.05, 0) is 56.0 Å². The van der Waals surface area contributed by atoms with Crippen LogP contribution < -0.4 is 5.32 Å². The fourth-order valence-electron chi connectivity index (χ4n) is 4.22. The van der Waals surface area contributed by atoms with Crippen LogP contribution in [0.1, 0.15) is 51.8 Å². The van der Waals surface area contributed by atoms with Gasteiger partial charge in [-0.15, -0.1) is 0 Å². The molecule has 11 heteroatoms. The van der Waals surface area contributed by atoms with Crippen LogP contribution in [0.5, 0.6) is 0 Å². The van der Waals surface area contributed by atoms with E-state index in [0.717, 1.165) is 0 Å². The van der Waals surface area contributed by atoms with Gasteiger partial charge in [-0.3, -0.25) is 13.8 Å². The summed E-state index contributed by atoms with van der Waals surface area (Å²) in [6.07, 6.45) is 1.63. The third-order valence-electron chi connectivity index (χ3n) is 5.57. The van der Waals surface area contributed by atoms with Crippen molar-refractivity contribution in [2.45, 2.75) is 38.0 Å². The smallest absolute Gasteiger partial charge is 0.340 e. The van der Waals surface area contributed by atoms with E-state index in [9.17, 15) is 22.8 Å². The number of nitrogens with one attached hydrogen (secondary N) is 2. The molecule has 0 saturated carbocycles. The van der Waals surface area contributed by atoms with E-state index in [1.165, 1.54) is 18.2 Å². The number of carboxylic acids is 1. The highest BCUT2D eigenvalue weighted by Gasteiger charge is 2.34. The molecule has 1 amide bonds. The first-order chi connectivity index (χ1) is 15.6. The minimum absolute atomic E-state index is 0.0101. The molecule has 10 nitrogen and oxygen atoms in total. The summed E-state index contributed by atoms with van der Waals surface area (Å²) in [5.74, 6) is -2.06. The average Bonchev–Trinajstić information content (AvgIpc) is 3.22. The van der Waals surface area contributed by atoms with Gasteiger partial charge >= 0.3 is 11.9 Å². The molecule has 1 aromatic carbocycles. The molecule has 1 aromatic heterocycles. The third-order valence-corrected chi connectivity index (χ3v) is 6.97. The number of amides is 1. The first-order valence-corrected chi connectivity index (χ1v) is 11.7. The lowest BCUT2D eigenvalue weighted by Crippen LogP contribution is -2.19. The largest absolute Gasteiger partial charge is 0.481 e. The maximum absolute atomic E-state index is 12.8. The van der Waals surface area contributed by atoms with Crippen molar-refractivity contribution in [2.24, 2.45) is 0 Å². The van der Waals surface area contributed by atoms with Crippen molar-refractivity contribution in [3.8, 4) is 0 Å². The fourth-order valence-corrected chi connectivity index (χ4v) is 5.39. The molecule has 0 unspecified atom stereocenters. The molecule has 4 rings (SSSR count). The highest BCUT2D eigenvalue weighted by atomic mass is 32.2. The molecule has 2 aliphatic heterocycles. The fraction of sp³-hybridized carbons (Fsp3) is 0.318. The van der Waals surface area contributed by atoms with Crippen molar-refractivity contribution in [2.75, 3.05) is 18.5 Å². The molecule has 3 N–H and O–H groups in total. The van der Waals surface area contributed by atoms with E-state index in [1.807, 2.05) is 0 Å². The van der Waals surface area contributed by atoms with Gasteiger partial charge in [-0.1, -0.05) is 0 Å². The molecule has 0 bridgehead atoms. The van der Waals surface area contributed by atoms with Gasteiger partial charge in [0.05, 0.1) is 29.2 Å². The van der Waals surface area contributed by atoms with Crippen molar-refractivity contribution in [3.05, 3.63) is 45.8 Å². The van der Waals surface area contributed by atoms with Crippen molar-refractivity contribution in [1.82, 2.24) is 4.98 Å². The van der Waals surface area contributed by atoms with Crippen LogP contribution in [0, 0.1) is 6.92 Å². The monoisotopic (exact) mass is 474 g/mol. The van der Waals surface area contributed by atoms with E-state index in [2.05, 4.69) is 10.3 Å². The Morgan fingerprint density at radius 1 is 1.30 bits per heavy atom. The Bertz CT molecular complexity index is 1320. The summed E-state index contributed by atoms with van der Waals surface area (Å²) < 4.78 is 34.7. The minimum atomic E-state index is -3.92. The summed E-state index contributed by atoms with van der Waals surface area (Å²) in [5.41, 5.74) is 3.14. The third kappa shape index (κ3) is 4.05. The van der Waals surface area contributed by atoms with Gasteiger partial charge in [0, 0.05) is 29.1 Å². The van der Waals surface area contributed by atoms with Crippen LogP contribution in [-0.2, 0) is 41.5 Å². The molecule has 2 aliphatic rings. The number of H-pyrrole nitrogens is 1. The van der Waals surface area contributed by atoms with Gasteiger partial charge in [0.15, 0.2) is 0 Å². The van der Waals surface area contributed by atoms with Crippen molar-refractivity contribution < 1.29 is 36.8 Å². The van der Waals surface area contributed by atoms with Crippen molar-refractivity contribution in [1.29, 1.82) is 0 Å². The number of fused-ring (bicyclic) bond motifs is 3. The quantitative estimate of drug-likeness (QED) is 0.328. The lowest BCUT2D eigenvalue weighted by Gasteiger charge is -2.19. The highest BCUT2D eigenvalue weighted by molar-refractivity contribution is 7.86. The number of esters is 1. The number of carbonyl (C=O) groups excluding carboxylic acids is 2. The van der Waals surface area contributed by atoms with Crippen LogP contribution in [0.4, 0.5) is 5.69 Å². The van der Waals surface area contributed by atoms with Crippen LogP contribution in [0.3, 0.4) is 0 Å². The number of carbonyl (C=O) groups is 3. The van der Waals surface area contributed by atoms with E-state index >= 15 is 0 Å². The molecule has 0 fully saturated rings. The van der Waals surface area contributed by atoms with E-state index in [-0.39, 0.29) is 42.1 Å². The Morgan fingerprint density at radius 2 is 2.06 bits per heavy atom. The van der Waals surface area contributed by atoms with Crippen LogP contribution in [0.15, 0.2) is 17.0 Å². The van der Waals surface area contributed by atoms with Gasteiger partial charge in [0.25, 0.3) is 16.0 Å². The van der Waals surface area contributed by atoms with Gasteiger partial charge in [0.1, 0.15) is 0 Å². The number of aliphatic carboxylic acids is 1. The Morgan fingerprint density at radius 3 is 2.76 bits per heavy atom. The summed E-state index contributed by atoms with van der Waals surface area (Å²) in [4.78, 5) is 39.6. The SMILES string of the molecule is CCOC(=O)c1c(C)[nH]c(/C=C2\C(=O)Nc3ccc4c(c32)CCOS4(=O)=O)c1CCC(=O)O. The van der Waals surface area contributed by atoms with E-state index < -0.39 is 28.0 Å². The summed E-state index contributed by atoms with van der Waals surface area (Å²) in [6.45, 7) is 3.44. The van der Waals surface area contributed by atoms with Gasteiger partial charge in [-0.25, -0.2) is 4.79 Å². The number of hydrogen-bond acceptors (Lipinski definition) is 7. The van der Waals surface area contributed by atoms with Crippen LogP contribution in [0.2, 0.25) is 0 Å². The van der Waals surface area contributed by atoms with E-state index in [0.29, 0.717) is 40.2 Å². The molecule has 0 spiro atoms. The molecular formula is C22H22N2O8S. The highest BCUT2D eigenvalue weighted by Crippen LogP contribution is 2.41. The number of hydrogen-bond donors (Lipinski definition) is 3. The molecule has 0 radical (unpaired) electrons. The molecule has 0 aliphatic carbocycles. The standard InChI is InChI=1S/C22H22N2O8S/c1-3-31-22(28)19-11(2)23-16(12(19)4-7-18(25)26)10-14-20-13-8-9-32-33(29,30)17(13)6-5-15(20)24-21(14)27/h5-6,10,23H,3-4,7-9H2,1-2H3,(H,24,27)(H,25,26)/b14-10-. The second kappa shape index (κ2) is 8.49. The van der Waals surface area contributed by atoms with Crippen LogP contribution in [0.25, 0.3) is 11.6 Å². The molecule has 33 heavy (non-hydrogen) atoms. The lowest BCUT2D eigenvalue weighted by atomic mass is 9.96. The van der Waals surface area contributed by atoms with Crippen LogP contribution in [-0.4, -0.2) is 49.6 Å². The topological polar surface area (TPSA) is 152 Å². The normalized spacial score (nSPS) is 17.4. The molecular weight excluding hydrogens is 452 g/mol. The Balaban J connectivity index is 1.89. The zero-order valence-corrected chi connectivity index (χ0v) is 18.8. The first kappa shape index (κ1) is 22.7. The maximum Gasteiger partial charge on any atom is 0.340 e. The average molecular weight is 474 g/mol. The molecule has 0 atom stereocenters. The number of aromatic amines is 1. The Hall–Kier alpha value is -3.44. The second-order valence-electron chi connectivity index (χ2n) is 7.63. The molecule has 174 valence electrons. The van der Waals surface area contributed by atoms with Gasteiger partial charge < -0.3 is 20.1 Å². The number of rotatable bonds is 6. The molecule has 3 heterocycles. The number of anilines is 1. The predicted octanol–water partition coefficient (Wildman–Crippen LogP) is 2.27. The summed E-state index contributed by atoms with van der Waals surface area (Å²) in [6, 6.07) is 2.91. The Kier molecular flexibility index (Phi) is 5.85. The summed E-state index contributed by atoms with van der Waals surface area (Å²) in [7, 11) is -3.92. The number of aromatic nitrogens is 1. The van der Waals surface area contributed by atoms with Crippen LogP contribution >= 0.6 is 0 Å². The number of benzene rings is 1. The van der Waals surface area contributed by atoms with Gasteiger partial charge in [0.2, 0.25) is 0 Å². The number of ether oxygens (including phenoxy) is 1. The lowest BCUT2D eigenvalue weighted by molar-refractivity contribution is -0.137. The molecule has 2 aromatic rings. The minimum Gasteiger partial charge on any atom is -0.481 e.